The predicted octanol–water partition coefficient (Wildman–Crippen LogP) is 2.12. The van der Waals surface area contributed by atoms with Crippen molar-refractivity contribution in [2.45, 2.75) is 32.7 Å². The maximum absolute atomic E-state index is 9.09. The van der Waals surface area contributed by atoms with Gasteiger partial charge in [0.05, 0.1) is 0 Å². The van der Waals surface area contributed by atoms with Crippen LogP contribution in [0.2, 0.25) is 0 Å². The molecule has 15 heavy (non-hydrogen) atoms. The molecule has 1 aromatic carbocycles. The van der Waals surface area contributed by atoms with Crippen LogP contribution in [0.5, 0.6) is 0 Å². The quantitative estimate of drug-likeness (QED) is 0.792. The molecule has 0 fully saturated rings. The zero-order valence-electron chi connectivity index (χ0n) is 10.1. The summed E-state index contributed by atoms with van der Waals surface area (Å²) in [5.41, 5.74) is 3.65. The van der Waals surface area contributed by atoms with E-state index in [1.165, 1.54) is 16.7 Å². The molecule has 2 nitrogen and oxygen atoms in total. The Morgan fingerprint density at radius 2 is 1.73 bits per heavy atom. The smallest absolute Gasteiger partial charge is 0.0451 e. The third-order valence-corrected chi connectivity index (χ3v) is 3.02. The maximum atomic E-state index is 9.09. The minimum atomic E-state index is -0.133. The van der Waals surface area contributed by atoms with E-state index in [-0.39, 0.29) is 12.1 Å². The maximum Gasteiger partial charge on any atom is 0.0451 e. The van der Waals surface area contributed by atoms with E-state index in [0.717, 1.165) is 6.42 Å². The van der Waals surface area contributed by atoms with Gasteiger partial charge in [-0.1, -0.05) is 29.3 Å². The van der Waals surface area contributed by atoms with Crippen LogP contribution in [0.3, 0.4) is 0 Å². The molecule has 0 bridgehead atoms. The number of aliphatic hydroxyl groups is 1. The third-order valence-electron chi connectivity index (χ3n) is 3.02. The highest BCUT2D eigenvalue weighted by atomic mass is 16.3. The normalized spacial score (nSPS) is 15.0. The summed E-state index contributed by atoms with van der Waals surface area (Å²) in [6.45, 7) is 6.53. The Kier molecular flexibility index (Phi) is 3.89. The molecule has 84 valence electrons. The number of benzene rings is 1. The second-order valence-corrected chi connectivity index (χ2v) is 4.43. The first-order valence-electron chi connectivity index (χ1n) is 5.40. The molecular formula is C13H21NO. The predicted molar refractivity (Wildman–Crippen MR) is 64.0 cm³/mol. The molecule has 1 atom stereocenters. The fraction of sp³-hybridized carbons (Fsp3) is 0.538. The molecule has 0 saturated carbocycles. The van der Waals surface area contributed by atoms with Crippen molar-refractivity contribution in [2.24, 2.45) is 0 Å². The van der Waals surface area contributed by atoms with Crippen LogP contribution in [0, 0.1) is 13.8 Å². The Morgan fingerprint density at radius 1 is 1.20 bits per heavy atom. The van der Waals surface area contributed by atoms with Gasteiger partial charge in [-0.25, -0.2) is 0 Å². The molecule has 0 radical (unpaired) electrons. The van der Waals surface area contributed by atoms with Gasteiger partial charge in [0.15, 0.2) is 0 Å². The Labute approximate surface area is 92.3 Å². The van der Waals surface area contributed by atoms with Crippen LogP contribution in [-0.4, -0.2) is 18.8 Å². The van der Waals surface area contributed by atoms with Gasteiger partial charge < -0.3 is 10.4 Å². The molecule has 0 aromatic heterocycles. The van der Waals surface area contributed by atoms with Gasteiger partial charge >= 0.3 is 0 Å². The van der Waals surface area contributed by atoms with E-state index in [0.29, 0.717) is 0 Å². The molecule has 1 aromatic rings. The largest absolute Gasteiger partial charge is 0.396 e. The minimum absolute atomic E-state index is 0.133. The summed E-state index contributed by atoms with van der Waals surface area (Å²) in [6.07, 6.45) is 0.729. The van der Waals surface area contributed by atoms with Gasteiger partial charge in [-0.2, -0.15) is 0 Å². The Balaban J connectivity index is 3.11. The standard InChI is InChI=1S/C13H21NO/c1-10-7-11(2)9-12(8-10)13(3,14-4)5-6-15/h7-9,14-15H,5-6H2,1-4H3. The summed E-state index contributed by atoms with van der Waals surface area (Å²) in [5.74, 6) is 0. The lowest BCUT2D eigenvalue weighted by molar-refractivity contribution is 0.228. The van der Waals surface area contributed by atoms with E-state index >= 15 is 0 Å². The molecule has 0 aliphatic carbocycles. The van der Waals surface area contributed by atoms with E-state index in [9.17, 15) is 0 Å². The van der Waals surface area contributed by atoms with Gasteiger partial charge in [-0.3, -0.25) is 0 Å². The van der Waals surface area contributed by atoms with Crippen molar-refractivity contribution in [3.05, 3.63) is 34.9 Å². The van der Waals surface area contributed by atoms with Crippen molar-refractivity contribution in [2.75, 3.05) is 13.7 Å². The fourth-order valence-electron chi connectivity index (χ4n) is 1.93. The molecule has 0 heterocycles. The summed E-state index contributed by atoms with van der Waals surface area (Å²) >= 11 is 0. The van der Waals surface area contributed by atoms with Crippen LogP contribution >= 0.6 is 0 Å². The Hall–Kier alpha value is -0.860. The van der Waals surface area contributed by atoms with Gasteiger partial charge in [0.25, 0.3) is 0 Å². The average molecular weight is 207 g/mol. The SMILES string of the molecule is CNC(C)(CCO)c1cc(C)cc(C)c1. The van der Waals surface area contributed by atoms with Crippen LogP contribution in [-0.2, 0) is 5.54 Å². The van der Waals surface area contributed by atoms with Crippen molar-refractivity contribution >= 4 is 0 Å². The monoisotopic (exact) mass is 207 g/mol. The van der Waals surface area contributed by atoms with Crippen LogP contribution < -0.4 is 5.32 Å². The summed E-state index contributed by atoms with van der Waals surface area (Å²) in [4.78, 5) is 0. The Morgan fingerprint density at radius 3 is 2.13 bits per heavy atom. The molecule has 2 heteroatoms. The number of hydrogen-bond acceptors (Lipinski definition) is 2. The van der Waals surface area contributed by atoms with E-state index in [1.807, 2.05) is 7.05 Å². The van der Waals surface area contributed by atoms with Gasteiger partial charge in [-0.15, -0.1) is 0 Å². The first kappa shape index (κ1) is 12.2. The molecule has 0 aliphatic heterocycles. The van der Waals surface area contributed by atoms with Crippen molar-refractivity contribution in [3.8, 4) is 0 Å². The number of nitrogens with one attached hydrogen (secondary N) is 1. The van der Waals surface area contributed by atoms with E-state index < -0.39 is 0 Å². The van der Waals surface area contributed by atoms with Crippen molar-refractivity contribution in [3.63, 3.8) is 0 Å². The highest BCUT2D eigenvalue weighted by Gasteiger charge is 2.23. The molecule has 1 rings (SSSR count). The van der Waals surface area contributed by atoms with Crippen LogP contribution in [0.4, 0.5) is 0 Å². The molecule has 0 amide bonds. The van der Waals surface area contributed by atoms with Crippen molar-refractivity contribution in [1.82, 2.24) is 5.32 Å². The minimum Gasteiger partial charge on any atom is -0.396 e. The van der Waals surface area contributed by atoms with E-state index in [2.05, 4.69) is 44.3 Å². The number of rotatable bonds is 4. The molecular weight excluding hydrogens is 186 g/mol. The lowest BCUT2D eigenvalue weighted by atomic mass is 9.87. The molecule has 0 spiro atoms. The van der Waals surface area contributed by atoms with Gasteiger partial charge in [0, 0.05) is 12.1 Å². The molecule has 0 aliphatic rings. The zero-order valence-corrected chi connectivity index (χ0v) is 10.1. The Bertz CT molecular complexity index is 315. The average Bonchev–Trinajstić information content (AvgIpc) is 2.16. The number of aryl methyl sites for hydroxylation is 2. The van der Waals surface area contributed by atoms with Crippen LogP contribution in [0.1, 0.15) is 30.0 Å². The first-order chi connectivity index (χ1) is 7.01. The van der Waals surface area contributed by atoms with E-state index in [1.54, 1.807) is 0 Å². The van der Waals surface area contributed by atoms with Crippen molar-refractivity contribution in [1.29, 1.82) is 0 Å². The lowest BCUT2D eigenvalue weighted by Gasteiger charge is -2.30. The second kappa shape index (κ2) is 4.77. The van der Waals surface area contributed by atoms with E-state index in [4.69, 9.17) is 5.11 Å². The second-order valence-electron chi connectivity index (χ2n) is 4.43. The van der Waals surface area contributed by atoms with Gasteiger partial charge in [0.2, 0.25) is 0 Å². The molecule has 2 N–H and O–H groups in total. The van der Waals surface area contributed by atoms with Crippen LogP contribution in [0.15, 0.2) is 18.2 Å². The summed E-state index contributed by atoms with van der Waals surface area (Å²) in [7, 11) is 1.94. The van der Waals surface area contributed by atoms with Gasteiger partial charge in [-0.05, 0) is 39.8 Å². The highest BCUT2D eigenvalue weighted by molar-refractivity contribution is 5.33. The van der Waals surface area contributed by atoms with Gasteiger partial charge in [0.1, 0.15) is 0 Å². The highest BCUT2D eigenvalue weighted by Crippen LogP contribution is 2.25. The fourth-order valence-corrected chi connectivity index (χ4v) is 1.93. The topological polar surface area (TPSA) is 32.3 Å². The first-order valence-corrected chi connectivity index (χ1v) is 5.40. The molecule has 0 saturated heterocycles. The lowest BCUT2D eigenvalue weighted by Crippen LogP contribution is -2.37. The van der Waals surface area contributed by atoms with Crippen LogP contribution in [0.25, 0.3) is 0 Å². The molecule has 1 unspecified atom stereocenters. The number of aliphatic hydroxyl groups excluding tert-OH is 1. The summed E-state index contributed by atoms with van der Waals surface area (Å²) < 4.78 is 0. The third kappa shape index (κ3) is 2.80. The van der Waals surface area contributed by atoms with Crippen molar-refractivity contribution < 1.29 is 5.11 Å². The zero-order chi connectivity index (χ0) is 11.5. The summed E-state index contributed by atoms with van der Waals surface area (Å²) in [5, 5.41) is 12.4. The number of hydrogen-bond donors (Lipinski definition) is 2. The summed E-state index contributed by atoms with van der Waals surface area (Å²) in [6, 6.07) is 6.52.